The van der Waals surface area contributed by atoms with E-state index in [1.165, 1.54) is 0 Å². The fraction of sp³-hybridized carbons (Fsp3) is 0.250. The highest BCUT2D eigenvalue weighted by atomic mass is 16.5. The molecule has 5 rings (SSSR count). The summed E-state index contributed by atoms with van der Waals surface area (Å²) in [5.74, 6) is 1.69. The second kappa shape index (κ2) is 8.49. The highest BCUT2D eigenvalue weighted by Crippen LogP contribution is 2.30. The average Bonchev–Trinajstić information content (AvgIpc) is 3.13. The van der Waals surface area contributed by atoms with Crippen LogP contribution in [0.5, 0.6) is 11.5 Å². The zero-order chi connectivity index (χ0) is 22.1. The van der Waals surface area contributed by atoms with Gasteiger partial charge in [-0.3, -0.25) is 9.13 Å². The van der Waals surface area contributed by atoms with E-state index >= 15 is 0 Å². The van der Waals surface area contributed by atoms with Gasteiger partial charge in [0.25, 0.3) is 0 Å². The normalized spacial score (nSPS) is 18.7. The van der Waals surface area contributed by atoms with E-state index in [0.29, 0.717) is 35.5 Å². The van der Waals surface area contributed by atoms with E-state index in [0.717, 1.165) is 12.2 Å². The van der Waals surface area contributed by atoms with Crippen molar-refractivity contribution < 1.29 is 14.6 Å². The Hall–Kier alpha value is -3.62. The smallest absolute Gasteiger partial charge is 0.334 e. The molecule has 2 unspecified atom stereocenters. The summed E-state index contributed by atoms with van der Waals surface area (Å²) in [6, 6.07) is 18.5. The molecule has 4 aromatic rings. The zero-order valence-electron chi connectivity index (χ0n) is 17.4. The van der Waals surface area contributed by atoms with Gasteiger partial charge in [-0.05, 0) is 55.3 Å². The van der Waals surface area contributed by atoms with Crippen molar-refractivity contribution >= 4 is 16.9 Å². The van der Waals surface area contributed by atoms with Gasteiger partial charge in [0.15, 0.2) is 0 Å². The van der Waals surface area contributed by atoms with Crippen molar-refractivity contribution in [2.45, 2.75) is 25.0 Å². The Morgan fingerprint density at radius 1 is 1.06 bits per heavy atom. The number of rotatable bonds is 5. The predicted molar refractivity (Wildman–Crippen MR) is 121 cm³/mol. The number of nitrogens with two attached hydrogens (primary N) is 1. The van der Waals surface area contributed by atoms with Gasteiger partial charge >= 0.3 is 5.69 Å². The number of para-hydroxylation sites is 1. The van der Waals surface area contributed by atoms with E-state index in [2.05, 4.69) is 4.98 Å². The third-order valence-electron chi connectivity index (χ3n) is 5.80. The van der Waals surface area contributed by atoms with Crippen LogP contribution in [0.25, 0.3) is 16.7 Å². The number of fused-ring (bicyclic) bond motifs is 1. The number of aliphatic hydroxyl groups excluding tert-OH is 1. The average molecular weight is 432 g/mol. The number of ether oxygens (including phenoxy) is 2. The van der Waals surface area contributed by atoms with Gasteiger partial charge < -0.3 is 20.3 Å². The Morgan fingerprint density at radius 3 is 2.50 bits per heavy atom. The summed E-state index contributed by atoms with van der Waals surface area (Å²) in [6.45, 7) is 0.341. The topological polar surface area (TPSA) is 105 Å². The molecule has 0 bridgehead atoms. The van der Waals surface area contributed by atoms with Gasteiger partial charge in [-0.2, -0.15) is 0 Å². The minimum absolute atomic E-state index is 0.0162. The molecule has 1 saturated heterocycles. The van der Waals surface area contributed by atoms with E-state index in [1.807, 2.05) is 54.6 Å². The minimum atomic E-state index is -0.201. The monoisotopic (exact) mass is 432 g/mol. The third-order valence-corrected chi connectivity index (χ3v) is 5.80. The number of anilines is 1. The second-order valence-electron chi connectivity index (χ2n) is 7.83. The van der Waals surface area contributed by atoms with Gasteiger partial charge in [0.2, 0.25) is 0 Å². The quantitative estimate of drug-likeness (QED) is 0.502. The summed E-state index contributed by atoms with van der Waals surface area (Å²) < 4.78 is 14.9. The van der Waals surface area contributed by atoms with Crippen molar-refractivity contribution in [1.29, 1.82) is 0 Å². The lowest BCUT2D eigenvalue weighted by atomic mass is 10.1. The Labute approximate surface area is 184 Å². The first-order valence-corrected chi connectivity index (χ1v) is 10.6. The number of hydrogen-bond donors (Lipinski definition) is 2. The molecule has 3 N–H and O–H groups in total. The van der Waals surface area contributed by atoms with Gasteiger partial charge in [-0.15, -0.1) is 0 Å². The number of aromatic nitrogens is 3. The highest BCUT2D eigenvalue weighted by Gasteiger charge is 2.27. The van der Waals surface area contributed by atoms with Crippen molar-refractivity contribution in [3.05, 3.63) is 77.3 Å². The molecule has 32 heavy (non-hydrogen) atoms. The Kier molecular flexibility index (Phi) is 5.38. The van der Waals surface area contributed by atoms with Crippen molar-refractivity contribution in [2.75, 3.05) is 18.9 Å². The Morgan fingerprint density at radius 2 is 1.81 bits per heavy atom. The van der Waals surface area contributed by atoms with Crippen LogP contribution in [0.3, 0.4) is 0 Å². The maximum absolute atomic E-state index is 13.6. The van der Waals surface area contributed by atoms with Crippen LogP contribution in [0.1, 0.15) is 18.9 Å². The van der Waals surface area contributed by atoms with E-state index in [9.17, 15) is 9.90 Å². The summed E-state index contributed by atoms with van der Waals surface area (Å²) in [5.41, 5.74) is 7.96. The fourth-order valence-corrected chi connectivity index (χ4v) is 4.21. The van der Waals surface area contributed by atoms with E-state index in [4.69, 9.17) is 15.2 Å². The summed E-state index contributed by atoms with van der Waals surface area (Å²) >= 11 is 0. The molecule has 0 amide bonds. The van der Waals surface area contributed by atoms with Crippen LogP contribution in [-0.2, 0) is 4.74 Å². The standard InChI is InChI=1S/C24H24N4O4/c25-23-22-21(12-13-26-23)27(17-8-11-20(14-29)31-15-17)24(30)28(22)16-6-9-19(10-7-16)32-18-4-2-1-3-5-18/h1-7,9-10,12-13,17,20,29H,8,11,14-15H2,(H2,25,26). The second-order valence-corrected chi connectivity index (χ2v) is 7.83. The van der Waals surface area contributed by atoms with Crippen LogP contribution >= 0.6 is 0 Å². The molecule has 0 spiro atoms. The molecular weight excluding hydrogens is 408 g/mol. The number of imidazole rings is 1. The molecule has 0 aliphatic carbocycles. The number of nitrogens with zero attached hydrogens (tertiary/aromatic N) is 3. The molecule has 2 aromatic heterocycles. The van der Waals surface area contributed by atoms with Crippen LogP contribution in [0.15, 0.2) is 71.7 Å². The Bertz CT molecular complexity index is 1270. The van der Waals surface area contributed by atoms with Crippen molar-refractivity contribution in [3.63, 3.8) is 0 Å². The third kappa shape index (κ3) is 3.63. The lowest BCUT2D eigenvalue weighted by Crippen LogP contribution is -2.35. The summed E-state index contributed by atoms with van der Waals surface area (Å²) in [6.07, 6.45) is 2.84. The van der Waals surface area contributed by atoms with Crippen molar-refractivity contribution in [2.24, 2.45) is 0 Å². The van der Waals surface area contributed by atoms with Crippen LogP contribution in [0.4, 0.5) is 5.82 Å². The lowest BCUT2D eigenvalue weighted by molar-refractivity contribution is -0.0388. The fourth-order valence-electron chi connectivity index (χ4n) is 4.21. The van der Waals surface area contributed by atoms with Crippen LogP contribution in [0, 0.1) is 0 Å². The molecular formula is C24H24N4O4. The van der Waals surface area contributed by atoms with Gasteiger partial charge in [-0.25, -0.2) is 9.78 Å². The summed E-state index contributed by atoms with van der Waals surface area (Å²) in [7, 11) is 0. The maximum Gasteiger partial charge on any atom is 0.334 e. The first-order valence-electron chi connectivity index (χ1n) is 10.6. The molecule has 1 aliphatic rings. The molecule has 1 aliphatic heterocycles. The largest absolute Gasteiger partial charge is 0.457 e. The molecule has 3 heterocycles. The number of benzene rings is 2. The van der Waals surface area contributed by atoms with Crippen LogP contribution < -0.4 is 16.2 Å². The van der Waals surface area contributed by atoms with Crippen molar-refractivity contribution in [3.8, 4) is 17.2 Å². The number of hydrogen-bond acceptors (Lipinski definition) is 6. The molecule has 2 aromatic carbocycles. The maximum atomic E-state index is 13.6. The SMILES string of the molecule is Nc1nccc2c1n(-c1ccc(Oc3ccccc3)cc1)c(=O)n2C1CCC(CO)OC1. The number of aliphatic hydroxyl groups is 1. The van der Waals surface area contributed by atoms with Gasteiger partial charge in [0, 0.05) is 6.20 Å². The molecule has 2 atom stereocenters. The van der Waals surface area contributed by atoms with Gasteiger partial charge in [-0.1, -0.05) is 18.2 Å². The molecule has 164 valence electrons. The van der Waals surface area contributed by atoms with Gasteiger partial charge in [0.05, 0.1) is 36.6 Å². The first kappa shape index (κ1) is 20.3. The van der Waals surface area contributed by atoms with Crippen LogP contribution in [-0.4, -0.2) is 38.5 Å². The van der Waals surface area contributed by atoms with E-state index in [-0.39, 0.29) is 30.3 Å². The van der Waals surface area contributed by atoms with E-state index in [1.54, 1.807) is 21.4 Å². The summed E-state index contributed by atoms with van der Waals surface area (Å²) in [4.78, 5) is 17.8. The predicted octanol–water partition coefficient (Wildman–Crippen LogP) is 3.27. The molecule has 0 saturated carbocycles. The van der Waals surface area contributed by atoms with Crippen molar-refractivity contribution in [1.82, 2.24) is 14.1 Å². The highest BCUT2D eigenvalue weighted by molar-refractivity contribution is 5.87. The summed E-state index contributed by atoms with van der Waals surface area (Å²) in [5, 5.41) is 9.35. The number of pyridine rings is 1. The lowest BCUT2D eigenvalue weighted by Gasteiger charge is -2.28. The first-order chi connectivity index (χ1) is 15.7. The minimum Gasteiger partial charge on any atom is -0.457 e. The molecule has 0 radical (unpaired) electrons. The van der Waals surface area contributed by atoms with Crippen LogP contribution in [0.2, 0.25) is 0 Å². The number of nitrogen functional groups attached to an aromatic ring is 1. The molecule has 8 nitrogen and oxygen atoms in total. The Balaban J connectivity index is 1.54. The zero-order valence-corrected chi connectivity index (χ0v) is 17.4. The molecule has 8 heteroatoms. The molecule has 1 fully saturated rings. The van der Waals surface area contributed by atoms with E-state index < -0.39 is 0 Å². The van der Waals surface area contributed by atoms with Gasteiger partial charge in [0.1, 0.15) is 22.8 Å².